The highest BCUT2D eigenvalue weighted by Crippen LogP contribution is 2.33. The van der Waals surface area contributed by atoms with Crippen LogP contribution < -0.4 is 0 Å². The molecule has 0 spiro atoms. The number of aromatic nitrogens is 2. The van der Waals surface area contributed by atoms with Crippen molar-refractivity contribution in [1.82, 2.24) is 15.1 Å². The number of fused-ring (bicyclic) bond motifs is 1. The Morgan fingerprint density at radius 2 is 1.46 bits per heavy atom. The molecule has 2 heterocycles. The Morgan fingerprint density at radius 1 is 0.786 bits per heavy atom. The Morgan fingerprint density at radius 3 is 2.21 bits per heavy atom. The Bertz CT molecular complexity index is 1050. The van der Waals surface area contributed by atoms with Crippen molar-refractivity contribution >= 4 is 11.8 Å². The molecule has 1 fully saturated rings. The van der Waals surface area contributed by atoms with E-state index in [1.54, 1.807) is 18.2 Å². The Hall–Kier alpha value is -3.28. The van der Waals surface area contributed by atoms with Gasteiger partial charge in [-0.1, -0.05) is 37.5 Å². The Labute approximate surface area is 162 Å². The molecule has 28 heavy (non-hydrogen) atoms. The van der Waals surface area contributed by atoms with Crippen LogP contribution in [-0.4, -0.2) is 33.0 Å². The van der Waals surface area contributed by atoms with Gasteiger partial charge < -0.3 is 4.42 Å². The zero-order valence-electron chi connectivity index (χ0n) is 15.3. The first-order valence-electron chi connectivity index (χ1n) is 9.63. The molecule has 0 radical (unpaired) electrons. The van der Waals surface area contributed by atoms with Crippen molar-refractivity contribution in [3.8, 4) is 22.9 Å². The third-order valence-corrected chi connectivity index (χ3v) is 5.55. The predicted molar refractivity (Wildman–Crippen MR) is 103 cm³/mol. The number of imide groups is 1. The average molecular weight is 373 g/mol. The summed E-state index contributed by atoms with van der Waals surface area (Å²) in [4.78, 5) is 27.2. The van der Waals surface area contributed by atoms with Gasteiger partial charge in [-0.25, -0.2) is 0 Å². The molecule has 0 saturated heterocycles. The highest BCUT2D eigenvalue weighted by Gasteiger charge is 2.40. The van der Waals surface area contributed by atoms with Crippen molar-refractivity contribution in [3.63, 3.8) is 0 Å². The third-order valence-electron chi connectivity index (χ3n) is 5.55. The van der Waals surface area contributed by atoms with E-state index in [2.05, 4.69) is 10.2 Å². The van der Waals surface area contributed by atoms with Gasteiger partial charge in [-0.2, -0.15) is 0 Å². The van der Waals surface area contributed by atoms with Crippen LogP contribution in [0, 0.1) is 0 Å². The number of carbonyl (C=O) groups excluding carboxylic acids is 2. The first-order chi connectivity index (χ1) is 13.7. The molecular formula is C22H19N3O3. The molecule has 1 aliphatic carbocycles. The van der Waals surface area contributed by atoms with Crippen LogP contribution in [0.15, 0.2) is 52.9 Å². The van der Waals surface area contributed by atoms with Gasteiger partial charge in [-0.3, -0.25) is 14.5 Å². The number of rotatable bonds is 3. The zero-order chi connectivity index (χ0) is 19.1. The van der Waals surface area contributed by atoms with Gasteiger partial charge in [-0.15, -0.1) is 10.2 Å². The van der Waals surface area contributed by atoms with Crippen LogP contribution in [0.2, 0.25) is 0 Å². The number of hydrogen-bond donors (Lipinski definition) is 0. The number of hydrogen-bond acceptors (Lipinski definition) is 5. The summed E-state index contributed by atoms with van der Waals surface area (Å²) < 4.78 is 5.79. The molecule has 6 nitrogen and oxygen atoms in total. The van der Waals surface area contributed by atoms with Crippen LogP contribution in [0.4, 0.5) is 0 Å². The number of benzene rings is 2. The SMILES string of the molecule is O=C1c2ccc(-c3nnc(-c4ccccc4)o3)cc2C(=O)N1C1CCCCC1. The lowest BCUT2D eigenvalue weighted by Gasteiger charge is -2.29. The van der Waals surface area contributed by atoms with Gasteiger partial charge in [0.05, 0.1) is 11.1 Å². The fourth-order valence-corrected chi connectivity index (χ4v) is 4.10. The molecule has 140 valence electrons. The molecule has 3 aromatic rings. The van der Waals surface area contributed by atoms with Gasteiger partial charge in [0.25, 0.3) is 11.8 Å². The van der Waals surface area contributed by atoms with E-state index in [-0.39, 0.29) is 17.9 Å². The first-order valence-corrected chi connectivity index (χ1v) is 9.63. The molecule has 1 aliphatic heterocycles. The van der Waals surface area contributed by atoms with Crippen molar-refractivity contribution < 1.29 is 14.0 Å². The van der Waals surface area contributed by atoms with Crippen LogP contribution in [0.5, 0.6) is 0 Å². The quantitative estimate of drug-likeness (QED) is 0.639. The normalized spacial score (nSPS) is 17.2. The molecule has 0 atom stereocenters. The van der Waals surface area contributed by atoms with Crippen LogP contribution in [-0.2, 0) is 0 Å². The van der Waals surface area contributed by atoms with Crippen molar-refractivity contribution in [1.29, 1.82) is 0 Å². The lowest BCUT2D eigenvalue weighted by molar-refractivity contribution is 0.0549. The Kier molecular flexibility index (Phi) is 4.04. The maximum atomic E-state index is 13.0. The molecule has 1 aromatic heterocycles. The molecule has 0 bridgehead atoms. The van der Waals surface area contributed by atoms with Gasteiger partial charge in [-0.05, 0) is 43.2 Å². The number of amides is 2. The molecule has 2 aromatic carbocycles. The molecular weight excluding hydrogens is 354 g/mol. The molecule has 5 rings (SSSR count). The third kappa shape index (κ3) is 2.72. The highest BCUT2D eigenvalue weighted by molar-refractivity contribution is 6.22. The van der Waals surface area contributed by atoms with E-state index in [1.807, 2.05) is 30.3 Å². The summed E-state index contributed by atoms with van der Waals surface area (Å²) in [5, 5.41) is 8.21. The van der Waals surface area contributed by atoms with Gasteiger partial charge >= 0.3 is 0 Å². The highest BCUT2D eigenvalue weighted by atomic mass is 16.4. The minimum atomic E-state index is -0.212. The minimum Gasteiger partial charge on any atom is -0.416 e. The van der Waals surface area contributed by atoms with Gasteiger partial charge in [0.1, 0.15) is 0 Å². The molecule has 0 N–H and O–H groups in total. The smallest absolute Gasteiger partial charge is 0.261 e. The van der Waals surface area contributed by atoms with Gasteiger partial charge in [0, 0.05) is 17.2 Å². The fourth-order valence-electron chi connectivity index (χ4n) is 4.10. The van der Waals surface area contributed by atoms with Gasteiger partial charge in [0.2, 0.25) is 11.8 Å². The van der Waals surface area contributed by atoms with Crippen molar-refractivity contribution in [2.45, 2.75) is 38.1 Å². The summed E-state index contributed by atoms with van der Waals surface area (Å²) >= 11 is 0. The van der Waals surface area contributed by atoms with E-state index in [9.17, 15) is 9.59 Å². The zero-order valence-corrected chi connectivity index (χ0v) is 15.3. The lowest BCUT2D eigenvalue weighted by atomic mass is 9.94. The maximum absolute atomic E-state index is 13.0. The monoisotopic (exact) mass is 373 g/mol. The molecule has 6 heteroatoms. The van der Waals surface area contributed by atoms with E-state index < -0.39 is 0 Å². The summed E-state index contributed by atoms with van der Waals surface area (Å²) in [7, 11) is 0. The standard InChI is InChI=1S/C22H19N3O3/c26-21-17-12-11-15(20-24-23-19(28-20)14-7-3-1-4-8-14)13-18(17)22(27)25(21)16-9-5-2-6-10-16/h1,3-4,7-8,11-13,16H,2,5-6,9-10H2. The van der Waals surface area contributed by atoms with E-state index in [1.165, 1.54) is 11.3 Å². The summed E-state index contributed by atoms with van der Waals surface area (Å²) in [6, 6.07) is 14.7. The minimum absolute atomic E-state index is 0.0117. The van der Waals surface area contributed by atoms with E-state index in [4.69, 9.17) is 4.42 Å². The van der Waals surface area contributed by atoms with Crippen molar-refractivity contribution in [2.24, 2.45) is 0 Å². The van der Waals surface area contributed by atoms with Crippen LogP contribution in [0.1, 0.15) is 52.8 Å². The first kappa shape index (κ1) is 16.9. The summed E-state index contributed by atoms with van der Waals surface area (Å²) in [6.07, 6.45) is 5.08. The van der Waals surface area contributed by atoms with Crippen LogP contribution in [0.3, 0.4) is 0 Å². The maximum Gasteiger partial charge on any atom is 0.261 e. The molecule has 2 amide bonds. The van der Waals surface area contributed by atoms with Crippen molar-refractivity contribution in [2.75, 3.05) is 0 Å². The van der Waals surface area contributed by atoms with E-state index in [0.29, 0.717) is 28.5 Å². The van der Waals surface area contributed by atoms with Gasteiger partial charge in [0.15, 0.2) is 0 Å². The number of carbonyl (C=O) groups is 2. The Balaban J connectivity index is 1.46. The lowest BCUT2D eigenvalue weighted by Crippen LogP contribution is -2.40. The summed E-state index contributed by atoms with van der Waals surface area (Å²) in [6.45, 7) is 0. The van der Waals surface area contributed by atoms with E-state index >= 15 is 0 Å². The summed E-state index contributed by atoms with van der Waals surface area (Å²) in [5.41, 5.74) is 2.35. The second kappa shape index (κ2) is 6.71. The molecule has 0 unspecified atom stereocenters. The fraction of sp³-hybridized carbons (Fsp3) is 0.273. The largest absolute Gasteiger partial charge is 0.416 e. The van der Waals surface area contributed by atoms with Crippen LogP contribution in [0.25, 0.3) is 22.9 Å². The molecule has 1 saturated carbocycles. The van der Waals surface area contributed by atoms with E-state index in [0.717, 1.165) is 31.2 Å². The number of nitrogens with zero attached hydrogens (tertiary/aromatic N) is 3. The topological polar surface area (TPSA) is 76.3 Å². The summed E-state index contributed by atoms with van der Waals surface area (Å²) in [5.74, 6) is 0.353. The second-order valence-electron chi connectivity index (χ2n) is 7.31. The van der Waals surface area contributed by atoms with Crippen LogP contribution >= 0.6 is 0 Å². The van der Waals surface area contributed by atoms with Crippen molar-refractivity contribution in [3.05, 3.63) is 59.7 Å². The predicted octanol–water partition coefficient (Wildman–Crippen LogP) is 4.33. The average Bonchev–Trinajstić information content (AvgIpc) is 3.33. The second-order valence-corrected chi connectivity index (χ2v) is 7.31. The molecule has 2 aliphatic rings.